The molecule has 1 unspecified atom stereocenters. The number of hydrogen-bond donors (Lipinski definition) is 1. The SMILES string of the molecule is CCCCC(Cc1cnc(C#N)[nH]1)c1cccc2ccccc12. The van der Waals surface area contributed by atoms with Crippen LogP contribution in [0.2, 0.25) is 0 Å². The van der Waals surface area contributed by atoms with Gasteiger partial charge in [0.05, 0.1) is 0 Å². The molecular weight excluding hydrogens is 282 g/mol. The van der Waals surface area contributed by atoms with Crippen molar-refractivity contribution in [3.63, 3.8) is 0 Å². The van der Waals surface area contributed by atoms with Crippen LogP contribution in [0.1, 0.15) is 49.2 Å². The highest BCUT2D eigenvalue weighted by molar-refractivity contribution is 5.86. The van der Waals surface area contributed by atoms with E-state index in [-0.39, 0.29) is 0 Å². The lowest BCUT2D eigenvalue weighted by Gasteiger charge is -2.18. The Balaban J connectivity index is 1.95. The average Bonchev–Trinajstić information content (AvgIpc) is 3.06. The van der Waals surface area contributed by atoms with Crippen molar-refractivity contribution in [1.82, 2.24) is 9.97 Å². The average molecular weight is 303 g/mol. The minimum atomic E-state index is 0.396. The standard InChI is InChI=1S/C20H21N3/c1-2-3-7-16(12-17-14-22-20(13-21)23-17)19-11-6-9-15-8-4-5-10-18(15)19/h4-6,8-11,14,16H,2-3,7,12H2,1H3,(H,22,23). The van der Waals surface area contributed by atoms with Crippen molar-refractivity contribution in [1.29, 1.82) is 5.26 Å². The number of nitrogens with zero attached hydrogens (tertiary/aromatic N) is 2. The lowest BCUT2D eigenvalue weighted by atomic mass is 9.86. The van der Waals surface area contributed by atoms with Crippen LogP contribution in [0.15, 0.2) is 48.7 Å². The van der Waals surface area contributed by atoms with Crippen LogP contribution in [0.4, 0.5) is 0 Å². The molecule has 23 heavy (non-hydrogen) atoms. The number of fused-ring (bicyclic) bond motifs is 1. The van der Waals surface area contributed by atoms with E-state index >= 15 is 0 Å². The van der Waals surface area contributed by atoms with Crippen molar-refractivity contribution in [2.24, 2.45) is 0 Å². The molecule has 1 aromatic heterocycles. The van der Waals surface area contributed by atoms with E-state index in [1.165, 1.54) is 29.2 Å². The first-order chi connectivity index (χ1) is 11.3. The molecule has 1 heterocycles. The van der Waals surface area contributed by atoms with Crippen LogP contribution in [0.25, 0.3) is 10.8 Å². The second-order valence-electron chi connectivity index (χ2n) is 5.98. The first-order valence-electron chi connectivity index (χ1n) is 8.23. The molecule has 0 fully saturated rings. The quantitative estimate of drug-likeness (QED) is 0.700. The van der Waals surface area contributed by atoms with Crippen molar-refractivity contribution in [2.75, 3.05) is 0 Å². The van der Waals surface area contributed by atoms with Crippen molar-refractivity contribution in [3.8, 4) is 6.07 Å². The van der Waals surface area contributed by atoms with E-state index in [4.69, 9.17) is 5.26 Å². The van der Waals surface area contributed by atoms with E-state index in [0.29, 0.717) is 11.7 Å². The Morgan fingerprint density at radius 2 is 2.00 bits per heavy atom. The van der Waals surface area contributed by atoms with Crippen LogP contribution >= 0.6 is 0 Å². The molecule has 116 valence electrons. The van der Waals surface area contributed by atoms with Crippen LogP contribution in [0.5, 0.6) is 0 Å². The maximum absolute atomic E-state index is 8.94. The Morgan fingerprint density at radius 1 is 1.17 bits per heavy atom. The molecule has 0 spiro atoms. The second-order valence-corrected chi connectivity index (χ2v) is 5.98. The summed E-state index contributed by atoms with van der Waals surface area (Å²) in [4.78, 5) is 7.22. The van der Waals surface area contributed by atoms with Gasteiger partial charge in [-0.1, -0.05) is 62.2 Å². The summed E-state index contributed by atoms with van der Waals surface area (Å²) in [6.45, 7) is 2.23. The van der Waals surface area contributed by atoms with Crippen LogP contribution in [0.3, 0.4) is 0 Å². The largest absolute Gasteiger partial charge is 0.333 e. The number of imidazole rings is 1. The summed E-state index contributed by atoms with van der Waals surface area (Å²) >= 11 is 0. The third kappa shape index (κ3) is 3.43. The first-order valence-corrected chi connectivity index (χ1v) is 8.23. The van der Waals surface area contributed by atoms with Crippen LogP contribution in [-0.2, 0) is 6.42 Å². The summed E-state index contributed by atoms with van der Waals surface area (Å²) < 4.78 is 0. The summed E-state index contributed by atoms with van der Waals surface area (Å²) in [5.74, 6) is 0.834. The molecule has 3 aromatic rings. The van der Waals surface area contributed by atoms with E-state index in [0.717, 1.165) is 18.5 Å². The predicted octanol–water partition coefficient (Wildman–Crippen LogP) is 4.95. The molecule has 3 nitrogen and oxygen atoms in total. The number of H-pyrrole nitrogens is 1. The molecule has 2 aromatic carbocycles. The Hall–Kier alpha value is -2.60. The van der Waals surface area contributed by atoms with Crippen molar-refractivity contribution >= 4 is 10.8 Å². The zero-order chi connectivity index (χ0) is 16.1. The molecule has 1 N–H and O–H groups in total. The molecular formula is C20H21N3. The van der Waals surface area contributed by atoms with E-state index in [2.05, 4.69) is 65.4 Å². The van der Waals surface area contributed by atoms with Crippen LogP contribution < -0.4 is 0 Å². The molecule has 0 aliphatic heterocycles. The predicted molar refractivity (Wildman–Crippen MR) is 93.2 cm³/mol. The number of benzene rings is 2. The molecule has 0 aliphatic rings. The van der Waals surface area contributed by atoms with Gasteiger partial charge in [-0.3, -0.25) is 0 Å². The zero-order valence-electron chi connectivity index (χ0n) is 13.4. The van der Waals surface area contributed by atoms with Crippen molar-refractivity contribution < 1.29 is 0 Å². The van der Waals surface area contributed by atoms with Gasteiger partial charge in [0, 0.05) is 11.9 Å². The van der Waals surface area contributed by atoms with Crippen molar-refractivity contribution in [3.05, 3.63) is 65.7 Å². The zero-order valence-corrected chi connectivity index (χ0v) is 13.4. The lowest BCUT2D eigenvalue weighted by molar-refractivity contribution is 0.580. The van der Waals surface area contributed by atoms with Gasteiger partial charge >= 0.3 is 0 Å². The monoisotopic (exact) mass is 303 g/mol. The summed E-state index contributed by atoms with van der Waals surface area (Å²) in [6, 6.07) is 17.2. The Bertz CT molecular complexity index is 821. The van der Waals surface area contributed by atoms with Gasteiger partial charge in [-0.2, -0.15) is 5.26 Å². The van der Waals surface area contributed by atoms with Crippen LogP contribution in [0, 0.1) is 11.3 Å². The number of aromatic nitrogens is 2. The highest BCUT2D eigenvalue weighted by Crippen LogP contribution is 2.31. The Morgan fingerprint density at radius 3 is 2.78 bits per heavy atom. The fourth-order valence-corrected chi connectivity index (χ4v) is 3.21. The summed E-state index contributed by atoms with van der Waals surface area (Å²) in [5.41, 5.74) is 2.43. The number of aromatic amines is 1. The summed E-state index contributed by atoms with van der Waals surface area (Å²) in [7, 11) is 0. The fourth-order valence-electron chi connectivity index (χ4n) is 3.21. The fraction of sp³-hybridized carbons (Fsp3) is 0.300. The molecule has 0 amide bonds. The molecule has 0 bridgehead atoms. The molecule has 0 saturated carbocycles. The van der Waals surface area contributed by atoms with E-state index in [9.17, 15) is 0 Å². The highest BCUT2D eigenvalue weighted by Gasteiger charge is 2.16. The van der Waals surface area contributed by atoms with Gasteiger partial charge in [0.1, 0.15) is 6.07 Å². The number of nitrogens with one attached hydrogen (secondary N) is 1. The smallest absolute Gasteiger partial charge is 0.210 e. The molecule has 3 rings (SSSR count). The molecule has 3 heteroatoms. The van der Waals surface area contributed by atoms with Gasteiger partial charge in [0.2, 0.25) is 5.82 Å². The topological polar surface area (TPSA) is 52.5 Å². The third-order valence-corrected chi connectivity index (χ3v) is 4.37. The van der Waals surface area contributed by atoms with E-state index < -0.39 is 0 Å². The van der Waals surface area contributed by atoms with Gasteiger partial charge in [-0.05, 0) is 35.1 Å². The van der Waals surface area contributed by atoms with E-state index in [1.54, 1.807) is 6.20 Å². The minimum Gasteiger partial charge on any atom is -0.333 e. The van der Waals surface area contributed by atoms with Gasteiger partial charge < -0.3 is 4.98 Å². The number of nitriles is 1. The second kappa shape index (κ2) is 7.11. The molecule has 0 saturated heterocycles. The maximum Gasteiger partial charge on any atom is 0.210 e. The Labute approximate surface area is 137 Å². The molecule has 0 aliphatic carbocycles. The van der Waals surface area contributed by atoms with E-state index in [1.807, 2.05) is 0 Å². The molecule has 0 radical (unpaired) electrons. The van der Waals surface area contributed by atoms with Gasteiger partial charge in [0.25, 0.3) is 0 Å². The van der Waals surface area contributed by atoms with Crippen molar-refractivity contribution in [2.45, 2.75) is 38.5 Å². The molecule has 1 atom stereocenters. The summed E-state index contributed by atoms with van der Waals surface area (Å²) in [5, 5.41) is 11.6. The number of rotatable bonds is 6. The first kappa shape index (κ1) is 15.3. The van der Waals surface area contributed by atoms with Gasteiger partial charge in [-0.15, -0.1) is 0 Å². The van der Waals surface area contributed by atoms with Gasteiger partial charge in [-0.25, -0.2) is 4.98 Å². The minimum absolute atomic E-state index is 0.396. The Kier molecular flexibility index (Phi) is 4.73. The summed E-state index contributed by atoms with van der Waals surface area (Å²) in [6.07, 6.45) is 6.22. The number of unbranched alkanes of at least 4 members (excludes halogenated alkanes) is 1. The lowest BCUT2D eigenvalue weighted by Crippen LogP contribution is -2.04. The number of hydrogen-bond acceptors (Lipinski definition) is 2. The maximum atomic E-state index is 8.94. The van der Waals surface area contributed by atoms with Crippen LogP contribution in [-0.4, -0.2) is 9.97 Å². The van der Waals surface area contributed by atoms with Gasteiger partial charge in [0.15, 0.2) is 0 Å². The third-order valence-electron chi connectivity index (χ3n) is 4.37. The highest BCUT2D eigenvalue weighted by atomic mass is 14.9. The normalized spacial score (nSPS) is 12.2.